The van der Waals surface area contributed by atoms with E-state index in [9.17, 15) is 5.11 Å². The van der Waals surface area contributed by atoms with Crippen LogP contribution >= 0.6 is 0 Å². The third-order valence-corrected chi connectivity index (χ3v) is 7.28. The highest BCUT2D eigenvalue weighted by atomic mass is 16.3. The van der Waals surface area contributed by atoms with E-state index in [4.69, 9.17) is 0 Å². The zero-order chi connectivity index (χ0) is 19.6. The molecule has 3 saturated carbocycles. The van der Waals surface area contributed by atoms with Crippen LogP contribution in [-0.2, 0) is 0 Å². The fourth-order valence-corrected chi connectivity index (χ4v) is 6.28. The minimum Gasteiger partial charge on any atom is -0.393 e. The third kappa shape index (κ3) is 3.53. The summed E-state index contributed by atoms with van der Waals surface area (Å²) in [6.45, 7) is 6.84. The summed E-state index contributed by atoms with van der Waals surface area (Å²) >= 11 is 0. The molecule has 2 aromatic rings. The van der Waals surface area contributed by atoms with E-state index >= 15 is 0 Å². The fraction of sp³-hybridized carbons (Fsp3) is 0.538. The van der Waals surface area contributed by atoms with Crippen LogP contribution in [0.2, 0.25) is 0 Å². The van der Waals surface area contributed by atoms with Gasteiger partial charge in [0.2, 0.25) is 0 Å². The van der Waals surface area contributed by atoms with Crippen LogP contribution in [-0.4, -0.2) is 34.7 Å². The van der Waals surface area contributed by atoms with Gasteiger partial charge in [-0.2, -0.15) is 0 Å². The lowest BCUT2D eigenvalue weighted by Crippen LogP contribution is -2.62. The van der Waals surface area contributed by atoms with Gasteiger partial charge in [-0.3, -0.25) is 4.90 Å². The molecule has 3 atom stereocenters. The monoisotopic (exact) mass is 377 g/mol. The zero-order valence-corrected chi connectivity index (χ0v) is 17.4. The standard InChI is InChI=1S/C26H35NO/c1-3-15-27(16-4-2)26-17-22(20-11-7-5-8-12-20)25(24(28)19-26)23(18-26)21-13-9-6-10-14-21/h5-14,22-25,28H,3-4,15-19H2,1-2H3/t22-,23-,24+,25?,26?/m0/s1. The molecule has 1 N–H and O–H groups in total. The number of nitrogens with zero attached hydrogens (tertiary/aromatic N) is 1. The van der Waals surface area contributed by atoms with Crippen molar-refractivity contribution in [2.45, 2.75) is 69.4 Å². The molecule has 2 heteroatoms. The molecule has 0 amide bonds. The number of rotatable bonds is 7. The van der Waals surface area contributed by atoms with Gasteiger partial charge in [-0.15, -0.1) is 0 Å². The summed E-state index contributed by atoms with van der Waals surface area (Å²) in [6.07, 6.45) is 5.42. The van der Waals surface area contributed by atoms with E-state index in [0.717, 1.165) is 19.5 Å². The Labute approximate surface area is 170 Å². The molecule has 5 rings (SSSR count). The molecule has 2 nitrogen and oxygen atoms in total. The lowest BCUT2D eigenvalue weighted by atomic mass is 9.51. The van der Waals surface area contributed by atoms with E-state index in [1.165, 1.54) is 36.8 Å². The van der Waals surface area contributed by atoms with E-state index in [0.29, 0.717) is 17.8 Å². The van der Waals surface area contributed by atoms with Crippen molar-refractivity contribution >= 4 is 0 Å². The summed E-state index contributed by atoms with van der Waals surface area (Å²) in [5, 5.41) is 11.4. The molecule has 0 heterocycles. The molecule has 0 aliphatic heterocycles. The molecule has 2 bridgehead atoms. The Morgan fingerprint density at radius 1 is 0.786 bits per heavy atom. The first kappa shape index (κ1) is 19.7. The topological polar surface area (TPSA) is 23.5 Å². The number of benzene rings is 2. The molecule has 3 aliphatic carbocycles. The molecule has 3 fully saturated rings. The second-order valence-corrected chi connectivity index (χ2v) is 9.00. The molecule has 0 saturated heterocycles. The maximum atomic E-state index is 11.4. The summed E-state index contributed by atoms with van der Waals surface area (Å²) in [7, 11) is 0. The average Bonchev–Trinajstić information content (AvgIpc) is 2.74. The number of hydrogen-bond acceptors (Lipinski definition) is 2. The minimum atomic E-state index is -0.228. The summed E-state index contributed by atoms with van der Waals surface area (Å²) in [6, 6.07) is 21.9. The molecule has 150 valence electrons. The highest BCUT2D eigenvalue weighted by Gasteiger charge is 2.57. The van der Waals surface area contributed by atoms with E-state index in [1.807, 2.05) is 0 Å². The van der Waals surface area contributed by atoms with Crippen LogP contribution in [0.5, 0.6) is 0 Å². The molecule has 28 heavy (non-hydrogen) atoms. The van der Waals surface area contributed by atoms with Gasteiger partial charge in [0.15, 0.2) is 0 Å². The normalized spacial score (nSPS) is 32.0. The predicted octanol–water partition coefficient (Wildman–Crippen LogP) is 5.59. The predicted molar refractivity (Wildman–Crippen MR) is 117 cm³/mol. The van der Waals surface area contributed by atoms with Gasteiger partial charge in [-0.25, -0.2) is 0 Å². The van der Waals surface area contributed by atoms with E-state index in [1.54, 1.807) is 0 Å². The summed E-state index contributed by atoms with van der Waals surface area (Å²) in [4.78, 5) is 2.73. The van der Waals surface area contributed by atoms with Gasteiger partial charge in [-0.1, -0.05) is 74.5 Å². The lowest BCUT2D eigenvalue weighted by Gasteiger charge is -2.61. The van der Waals surface area contributed by atoms with Crippen molar-refractivity contribution in [1.29, 1.82) is 0 Å². The Hall–Kier alpha value is -1.64. The molecular weight excluding hydrogens is 342 g/mol. The Kier molecular flexibility index (Phi) is 5.89. The Balaban J connectivity index is 1.78. The molecule has 2 aromatic carbocycles. The Morgan fingerprint density at radius 3 is 1.68 bits per heavy atom. The SMILES string of the molecule is CCCN(CCC)C12C[C@@H](O)C([C@H](c3ccccc3)C1)[C@H](c1ccccc1)C2. The van der Waals surface area contributed by atoms with Crippen LogP contribution in [0.3, 0.4) is 0 Å². The summed E-state index contributed by atoms with van der Waals surface area (Å²) < 4.78 is 0. The Bertz CT molecular complexity index is 688. The number of fused-ring (bicyclic) bond motifs is 3. The molecule has 0 unspecified atom stereocenters. The van der Waals surface area contributed by atoms with Crippen LogP contribution < -0.4 is 0 Å². The third-order valence-electron chi connectivity index (χ3n) is 7.28. The van der Waals surface area contributed by atoms with Crippen molar-refractivity contribution in [3.05, 3.63) is 71.8 Å². The maximum absolute atomic E-state index is 11.4. The largest absolute Gasteiger partial charge is 0.393 e. The van der Waals surface area contributed by atoms with E-state index in [-0.39, 0.29) is 11.6 Å². The fourth-order valence-electron chi connectivity index (χ4n) is 6.28. The quantitative estimate of drug-likeness (QED) is 0.680. The number of aliphatic hydroxyl groups is 1. The van der Waals surface area contributed by atoms with E-state index < -0.39 is 0 Å². The maximum Gasteiger partial charge on any atom is 0.0597 e. The zero-order valence-electron chi connectivity index (χ0n) is 17.4. The van der Waals surface area contributed by atoms with Gasteiger partial charge in [0.05, 0.1) is 6.10 Å². The summed E-state index contributed by atoms with van der Waals surface area (Å²) in [5.41, 5.74) is 2.93. The first-order valence-corrected chi connectivity index (χ1v) is 11.2. The number of hydrogen-bond donors (Lipinski definition) is 1. The summed E-state index contributed by atoms with van der Waals surface area (Å²) in [5.74, 6) is 1.18. The van der Waals surface area contributed by atoms with Crippen molar-refractivity contribution in [3.63, 3.8) is 0 Å². The van der Waals surface area contributed by atoms with E-state index in [2.05, 4.69) is 79.4 Å². The van der Waals surface area contributed by atoms with Crippen molar-refractivity contribution in [1.82, 2.24) is 4.90 Å². The lowest BCUT2D eigenvalue weighted by molar-refractivity contribution is -0.105. The second-order valence-electron chi connectivity index (χ2n) is 9.00. The highest BCUT2D eigenvalue weighted by Crippen LogP contribution is 2.59. The Morgan fingerprint density at radius 2 is 1.25 bits per heavy atom. The van der Waals surface area contributed by atoms with Gasteiger partial charge < -0.3 is 5.11 Å². The smallest absolute Gasteiger partial charge is 0.0597 e. The first-order valence-electron chi connectivity index (χ1n) is 11.2. The van der Waals surface area contributed by atoms with Crippen molar-refractivity contribution in [2.75, 3.05) is 13.1 Å². The highest BCUT2D eigenvalue weighted by molar-refractivity contribution is 5.32. The molecule has 0 radical (unpaired) electrons. The van der Waals surface area contributed by atoms with Gasteiger partial charge >= 0.3 is 0 Å². The van der Waals surface area contributed by atoms with Crippen LogP contribution in [0.4, 0.5) is 0 Å². The van der Waals surface area contributed by atoms with Crippen LogP contribution in [0.25, 0.3) is 0 Å². The molecular formula is C26H35NO. The van der Waals surface area contributed by atoms with Gasteiger partial charge in [-0.05, 0) is 74.1 Å². The molecule has 3 aliphatic rings. The van der Waals surface area contributed by atoms with Gasteiger partial charge in [0.25, 0.3) is 0 Å². The second kappa shape index (κ2) is 8.39. The van der Waals surface area contributed by atoms with Gasteiger partial charge in [0.1, 0.15) is 0 Å². The van der Waals surface area contributed by atoms with Crippen LogP contribution in [0.15, 0.2) is 60.7 Å². The van der Waals surface area contributed by atoms with Crippen molar-refractivity contribution < 1.29 is 5.11 Å². The van der Waals surface area contributed by atoms with Gasteiger partial charge in [0, 0.05) is 5.54 Å². The molecule has 0 spiro atoms. The molecule has 0 aromatic heterocycles. The first-order chi connectivity index (χ1) is 13.7. The average molecular weight is 378 g/mol. The van der Waals surface area contributed by atoms with Crippen molar-refractivity contribution in [2.24, 2.45) is 5.92 Å². The van der Waals surface area contributed by atoms with Crippen LogP contribution in [0.1, 0.15) is 68.9 Å². The van der Waals surface area contributed by atoms with Crippen molar-refractivity contribution in [3.8, 4) is 0 Å². The van der Waals surface area contributed by atoms with Crippen LogP contribution in [0, 0.1) is 5.92 Å². The number of aliphatic hydroxyl groups excluding tert-OH is 1. The minimum absolute atomic E-state index is 0.112.